The summed E-state index contributed by atoms with van der Waals surface area (Å²) in [6, 6.07) is 13.4. The van der Waals surface area contributed by atoms with Crippen LogP contribution in [-0.2, 0) is 13.2 Å². The van der Waals surface area contributed by atoms with Gasteiger partial charge in [-0.05, 0) is 29.8 Å². The summed E-state index contributed by atoms with van der Waals surface area (Å²) in [6.07, 6.45) is 1.24. The van der Waals surface area contributed by atoms with Crippen molar-refractivity contribution in [1.29, 1.82) is 0 Å². The number of carbonyl (C=O) groups excluding carboxylic acids is 1. The van der Waals surface area contributed by atoms with E-state index in [9.17, 15) is 9.18 Å². The van der Waals surface area contributed by atoms with Crippen LogP contribution in [0.3, 0.4) is 0 Å². The molecule has 6 nitrogen and oxygen atoms in total. The number of methoxy groups -OCH3 is 1. The van der Waals surface area contributed by atoms with E-state index in [0.29, 0.717) is 12.3 Å². The predicted octanol–water partition coefficient (Wildman–Crippen LogP) is 3.33. The van der Waals surface area contributed by atoms with Crippen molar-refractivity contribution in [2.75, 3.05) is 7.11 Å². The lowest BCUT2D eigenvalue weighted by atomic mass is 10.2. The van der Waals surface area contributed by atoms with Crippen molar-refractivity contribution in [1.82, 2.24) is 10.3 Å². The third-order valence-corrected chi connectivity index (χ3v) is 3.56. The Kier molecular flexibility index (Phi) is 5.48. The molecular formula is C19H17FN2O4. The minimum absolute atomic E-state index is 0.0793. The average molecular weight is 356 g/mol. The second-order valence-electron chi connectivity index (χ2n) is 5.38. The van der Waals surface area contributed by atoms with Gasteiger partial charge in [-0.15, -0.1) is 0 Å². The Hall–Kier alpha value is -3.35. The molecule has 0 atom stereocenters. The topological polar surface area (TPSA) is 73.6 Å². The molecule has 2 aromatic carbocycles. The number of carbonyl (C=O) groups is 1. The van der Waals surface area contributed by atoms with Crippen LogP contribution in [0.2, 0.25) is 0 Å². The van der Waals surface area contributed by atoms with Crippen molar-refractivity contribution < 1.29 is 23.1 Å². The Morgan fingerprint density at radius 3 is 2.88 bits per heavy atom. The molecule has 0 unspecified atom stereocenters. The minimum Gasteiger partial charge on any atom is -0.497 e. The molecule has 0 aliphatic heterocycles. The molecule has 3 rings (SSSR count). The Balaban J connectivity index is 1.55. The highest BCUT2D eigenvalue weighted by molar-refractivity contribution is 5.91. The fraction of sp³-hybridized carbons (Fsp3) is 0.158. The molecule has 134 valence electrons. The fourth-order valence-electron chi connectivity index (χ4n) is 2.24. The smallest absolute Gasteiger partial charge is 0.273 e. The van der Waals surface area contributed by atoms with Crippen molar-refractivity contribution in [2.45, 2.75) is 13.2 Å². The third kappa shape index (κ3) is 4.38. The van der Waals surface area contributed by atoms with Crippen molar-refractivity contribution in [3.8, 4) is 11.5 Å². The molecule has 1 N–H and O–H groups in total. The maximum atomic E-state index is 13.5. The fourth-order valence-corrected chi connectivity index (χ4v) is 2.24. The second kappa shape index (κ2) is 8.15. The van der Waals surface area contributed by atoms with Gasteiger partial charge in [-0.2, -0.15) is 0 Å². The van der Waals surface area contributed by atoms with E-state index in [-0.39, 0.29) is 29.8 Å². The van der Waals surface area contributed by atoms with E-state index in [1.165, 1.54) is 18.4 Å². The predicted molar refractivity (Wildman–Crippen MR) is 91.4 cm³/mol. The van der Waals surface area contributed by atoms with E-state index in [4.69, 9.17) is 13.9 Å². The molecule has 1 heterocycles. The lowest BCUT2D eigenvalue weighted by molar-refractivity contribution is 0.0945. The molecule has 1 aromatic heterocycles. The van der Waals surface area contributed by atoms with E-state index >= 15 is 0 Å². The molecule has 0 saturated heterocycles. The molecule has 0 saturated carbocycles. The molecular weight excluding hydrogens is 339 g/mol. The highest BCUT2D eigenvalue weighted by atomic mass is 19.1. The lowest BCUT2D eigenvalue weighted by Crippen LogP contribution is -2.23. The Labute approximate surface area is 149 Å². The van der Waals surface area contributed by atoms with Crippen molar-refractivity contribution in [2.24, 2.45) is 0 Å². The summed E-state index contributed by atoms with van der Waals surface area (Å²) >= 11 is 0. The molecule has 0 radical (unpaired) electrons. The molecule has 0 fully saturated rings. The lowest BCUT2D eigenvalue weighted by Gasteiger charge is -2.05. The second-order valence-corrected chi connectivity index (χ2v) is 5.38. The van der Waals surface area contributed by atoms with Crippen molar-refractivity contribution in [3.05, 3.63) is 77.8 Å². The first-order chi connectivity index (χ1) is 12.7. The summed E-state index contributed by atoms with van der Waals surface area (Å²) in [5.41, 5.74) is 1.02. The monoisotopic (exact) mass is 356 g/mol. The number of hydrogen-bond acceptors (Lipinski definition) is 5. The molecule has 0 aliphatic rings. The number of oxazole rings is 1. The van der Waals surface area contributed by atoms with Crippen molar-refractivity contribution in [3.63, 3.8) is 0 Å². The standard InChI is InChI=1S/C19H17FN2O4/c1-24-14-6-4-5-13(9-14)10-21-19(23)16-11-26-18(22-16)12-25-17-8-3-2-7-15(17)20/h2-9,11H,10,12H2,1H3,(H,21,23). The molecule has 3 aromatic rings. The molecule has 1 amide bonds. The summed E-state index contributed by atoms with van der Waals surface area (Å²) in [5.74, 6) is 0.129. The van der Waals surface area contributed by atoms with Gasteiger partial charge in [0.2, 0.25) is 5.89 Å². The quantitative estimate of drug-likeness (QED) is 0.703. The number of aromatic nitrogens is 1. The summed E-state index contributed by atoms with van der Waals surface area (Å²) in [6.45, 7) is 0.244. The van der Waals surface area contributed by atoms with Crippen LogP contribution in [-0.4, -0.2) is 18.0 Å². The SMILES string of the molecule is COc1cccc(CNC(=O)c2coc(COc3ccccc3F)n2)c1. The zero-order valence-electron chi connectivity index (χ0n) is 14.1. The number of rotatable bonds is 7. The zero-order chi connectivity index (χ0) is 18.4. The van der Waals surface area contributed by atoms with Gasteiger partial charge in [-0.1, -0.05) is 24.3 Å². The molecule has 0 bridgehead atoms. The van der Waals surface area contributed by atoms with Crippen LogP contribution < -0.4 is 14.8 Å². The molecule has 7 heteroatoms. The Morgan fingerprint density at radius 1 is 1.23 bits per heavy atom. The van der Waals surface area contributed by atoms with Crippen LogP contribution in [0.15, 0.2) is 59.2 Å². The van der Waals surface area contributed by atoms with Gasteiger partial charge < -0.3 is 19.2 Å². The van der Waals surface area contributed by atoms with Crippen LogP contribution in [0.1, 0.15) is 21.9 Å². The van der Waals surface area contributed by atoms with Crippen LogP contribution in [0.25, 0.3) is 0 Å². The minimum atomic E-state index is -0.477. The molecule has 0 spiro atoms. The van der Waals surface area contributed by atoms with Gasteiger partial charge in [0.25, 0.3) is 5.91 Å². The summed E-state index contributed by atoms with van der Waals surface area (Å²) < 4.78 is 29.1. The number of halogens is 1. The Bertz CT molecular complexity index is 895. The van der Waals surface area contributed by atoms with Gasteiger partial charge in [0.15, 0.2) is 23.9 Å². The first kappa shape index (κ1) is 17.5. The maximum Gasteiger partial charge on any atom is 0.273 e. The average Bonchev–Trinajstić information content (AvgIpc) is 3.15. The van der Waals surface area contributed by atoms with E-state index in [2.05, 4.69) is 10.3 Å². The summed E-state index contributed by atoms with van der Waals surface area (Å²) in [7, 11) is 1.58. The number of ether oxygens (including phenoxy) is 2. The van der Waals surface area contributed by atoms with Crippen molar-refractivity contribution >= 4 is 5.91 Å². The normalized spacial score (nSPS) is 10.4. The van der Waals surface area contributed by atoms with Crippen LogP contribution >= 0.6 is 0 Å². The van der Waals surface area contributed by atoms with Gasteiger partial charge in [0.1, 0.15) is 12.0 Å². The number of benzene rings is 2. The maximum absolute atomic E-state index is 13.5. The van der Waals surface area contributed by atoms with Gasteiger partial charge in [-0.25, -0.2) is 9.37 Å². The number of amides is 1. The van der Waals surface area contributed by atoms with E-state index in [1.807, 2.05) is 24.3 Å². The first-order valence-corrected chi connectivity index (χ1v) is 7.88. The van der Waals surface area contributed by atoms with E-state index in [0.717, 1.165) is 5.56 Å². The molecule has 0 aliphatic carbocycles. The number of hydrogen-bond donors (Lipinski definition) is 1. The summed E-state index contributed by atoms with van der Waals surface area (Å²) in [5, 5.41) is 2.74. The highest BCUT2D eigenvalue weighted by Crippen LogP contribution is 2.17. The zero-order valence-corrected chi connectivity index (χ0v) is 14.1. The van der Waals surface area contributed by atoms with Gasteiger partial charge in [0.05, 0.1) is 7.11 Å². The van der Waals surface area contributed by atoms with E-state index < -0.39 is 5.82 Å². The van der Waals surface area contributed by atoms with Gasteiger partial charge in [-0.3, -0.25) is 4.79 Å². The Morgan fingerprint density at radius 2 is 2.08 bits per heavy atom. The van der Waals surface area contributed by atoms with E-state index in [1.54, 1.807) is 19.2 Å². The highest BCUT2D eigenvalue weighted by Gasteiger charge is 2.13. The van der Waals surface area contributed by atoms with Crippen LogP contribution in [0.5, 0.6) is 11.5 Å². The number of para-hydroxylation sites is 1. The first-order valence-electron chi connectivity index (χ1n) is 7.88. The number of nitrogens with zero attached hydrogens (tertiary/aromatic N) is 1. The van der Waals surface area contributed by atoms with Crippen LogP contribution in [0.4, 0.5) is 4.39 Å². The van der Waals surface area contributed by atoms with Crippen LogP contribution in [0, 0.1) is 5.82 Å². The largest absolute Gasteiger partial charge is 0.497 e. The van der Waals surface area contributed by atoms with Gasteiger partial charge in [0, 0.05) is 6.54 Å². The third-order valence-electron chi connectivity index (χ3n) is 3.56. The summed E-state index contributed by atoms with van der Waals surface area (Å²) in [4.78, 5) is 16.2. The number of nitrogens with one attached hydrogen (secondary N) is 1. The molecule has 26 heavy (non-hydrogen) atoms. The van der Waals surface area contributed by atoms with Gasteiger partial charge >= 0.3 is 0 Å².